The second-order valence-corrected chi connectivity index (χ2v) is 7.98. The van der Waals surface area contributed by atoms with Gasteiger partial charge in [-0.25, -0.2) is 0 Å². The summed E-state index contributed by atoms with van der Waals surface area (Å²) in [7, 11) is 4.06. The summed E-state index contributed by atoms with van der Waals surface area (Å²) in [6.45, 7) is 4.76. The zero-order chi connectivity index (χ0) is 20.1. The molecule has 4 nitrogen and oxygen atoms in total. The quantitative estimate of drug-likeness (QED) is 0.714. The molecule has 0 spiro atoms. The van der Waals surface area contributed by atoms with Gasteiger partial charge in [0.05, 0.1) is 11.8 Å². The SMILES string of the molecule is CN(Cc1cnn(C)c1)C[C@H]1CCCN(CCc2cccc(C(F)(F)F)c2)C1. The van der Waals surface area contributed by atoms with Crippen LogP contribution in [0.3, 0.4) is 0 Å². The number of aryl methyl sites for hydroxylation is 1. The normalized spacial score (nSPS) is 18.7. The molecule has 28 heavy (non-hydrogen) atoms. The second-order valence-electron chi connectivity index (χ2n) is 7.98. The van der Waals surface area contributed by atoms with Crippen molar-refractivity contribution < 1.29 is 13.2 Å². The van der Waals surface area contributed by atoms with E-state index in [1.54, 1.807) is 6.07 Å². The van der Waals surface area contributed by atoms with Crippen molar-refractivity contribution >= 4 is 0 Å². The third kappa shape index (κ3) is 6.07. The van der Waals surface area contributed by atoms with E-state index in [1.165, 1.54) is 24.1 Å². The first-order valence-corrected chi connectivity index (χ1v) is 9.84. The third-order valence-corrected chi connectivity index (χ3v) is 5.35. The maximum atomic E-state index is 12.9. The van der Waals surface area contributed by atoms with E-state index < -0.39 is 11.7 Å². The maximum absolute atomic E-state index is 12.9. The number of piperidine rings is 1. The summed E-state index contributed by atoms with van der Waals surface area (Å²) in [5.74, 6) is 0.594. The monoisotopic (exact) mass is 394 g/mol. The molecule has 0 unspecified atom stereocenters. The highest BCUT2D eigenvalue weighted by atomic mass is 19.4. The Morgan fingerprint density at radius 1 is 1.25 bits per heavy atom. The molecule has 2 heterocycles. The van der Waals surface area contributed by atoms with Crippen LogP contribution in [0.25, 0.3) is 0 Å². The zero-order valence-corrected chi connectivity index (χ0v) is 16.6. The molecule has 2 aromatic rings. The lowest BCUT2D eigenvalue weighted by Crippen LogP contribution is -2.40. The van der Waals surface area contributed by atoms with Crippen molar-refractivity contribution in [2.45, 2.75) is 32.0 Å². The van der Waals surface area contributed by atoms with Crippen molar-refractivity contribution in [1.82, 2.24) is 19.6 Å². The highest BCUT2D eigenvalue weighted by molar-refractivity contribution is 5.25. The van der Waals surface area contributed by atoms with Crippen molar-refractivity contribution in [3.63, 3.8) is 0 Å². The molecule has 1 atom stereocenters. The second kappa shape index (κ2) is 9.09. The van der Waals surface area contributed by atoms with Crippen LogP contribution >= 0.6 is 0 Å². The molecule has 0 aliphatic carbocycles. The summed E-state index contributed by atoms with van der Waals surface area (Å²) in [6.07, 6.45) is 2.68. The number of rotatable bonds is 7. The van der Waals surface area contributed by atoms with Crippen molar-refractivity contribution in [2.24, 2.45) is 13.0 Å². The number of benzene rings is 1. The van der Waals surface area contributed by atoms with Crippen LogP contribution in [0.1, 0.15) is 29.5 Å². The average molecular weight is 394 g/mol. The van der Waals surface area contributed by atoms with E-state index >= 15 is 0 Å². The molecule has 1 aromatic carbocycles. The minimum atomic E-state index is -4.27. The number of alkyl halides is 3. The van der Waals surface area contributed by atoms with Gasteiger partial charge in [-0.1, -0.05) is 18.2 Å². The molecular formula is C21H29F3N4. The topological polar surface area (TPSA) is 24.3 Å². The molecular weight excluding hydrogens is 365 g/mol. The maximum Gasteiger partial charge on any atom is 0.416 e. The van der Waals surface area contributed by atoms with E-state index in [9.17, 15) is 13.2 Å². The van der Waals surface area contributed by atoms with Crippen LogP contribution in [0, 0.1) is 5.92 Å². The lowest BCUT2D eigenvalue weighted by molar-refractivity contribution is -0.137. The van der Waals surface area contributed by atoms with Gasteiger partial charge in [-0.15, -0.1) is 0 Å². The van der Waals surface area contributed by atoms with Gasteiger partial charge in [0.1, 0.15) is 0 Å². The van der Waals surface area contributed by atoms with E-state index in [2.05, 4.69) is 21.9 Å². The van der Waals surface area contributed by atoms with Crippen molar-refractivity contribution in [3.8, 4) is 0 Å². The molecule has 1 fully saturated rings. The molecule has 7 heteroatoms. The van der Waals surface area contributed by atoms with E-state index in [4.69, 9.17) is 0 Å². The van der Waals surface area contributed by atoms with Gasteiger partial charge in [0.15, 0.2) is 0 Å². The number of nitrogens with zero attached hydrogens (tertiary/aromatic N) is 4. The van der Waals surface area contributed by atoms with Gasteiger partial charge in [-0.2, -0.15) is 18.3 Å². The van der Waals surface area contributed by atoms with Crippen molar-refractivity contribution in [3.05, 3.63) is 53.3 Å². The predicted octanol–water partition coefficient (Wildman–Crippen LogP) is 3.83. The van der Waals surface area contributed by atoms with Gasteiger partial charge < -0.3 is 9.80 Å². The van der Waals surface area contributed by atoms with Crippen LogP contribution < -0.4 is 0 Å². The Balaban J connectivity index is 1.47. The Hall–Kier alpha value is -1.86. The van der Waals surface area contributed by atoms with Gasteiger partial charge in [0, 0.05) is 45.0 Å². The lowest BCUT2D eigenvalue weighted by Gasteiger charge is -2.34. The molecule has 0 radical (unpaired) electrons. The number of aromatic nitrogens is 2. The minimum absolute atomic E-state index is 0.557. The van der Waals surface area contributed by atoms with Crippen LogP contribution in [-0.4, -0.2) is 52.8 Å². The van der Waals surface area contributed by atoms with E-state index in [-0.39, 0.29) is 0 Å². The van der Waals surface area contributed by atoms with Gasteiger partial charge in [-0.05, 0) is 50.4 Å². The molecule has 0 amide bonds. The fourth-order valence-corrected chi connectivity index (χ4v) is 4.06. The van der Waals surface area contributed by atoms with Crippen molar-refractivity contribution in [2.75, 3.05) is 33.2 Å². The molecule has 0 N–H and O–H groups in total. The molecule has 154 valence electrons. The first-order valence-electron chi connectivity index (χ1n) is 9.84. The fraction of sp³-hybridized carbons (Fsp3) is 0.571. The minimum Gasteiger partial charge on any atom is -0.303 e. The number of likely N-dealkylation sites (tertiary alicyclic amines) is 1. The van der Waals surface area contributed by atoms with Gasteiger partial charge in [0.2, 0.25) is 0 Å². The van der Waals surface area contributed by atoms with Crippen LogP contribution in [0.15, 0.2) is 36.7 Å². The molecule has 1 aromatic heterocycles. The Kier molecular flexibility index (Phi) is 6.78. The van der Waals surface area contributed by atoms with Crippen LogP contribution in [-0.2, 0) is 26.2 Å². The molecule has 1 aliphatic rings. The first-order chi connectivity index (χ1) is 13.3. The van der Waals surface area contributed by atoms with Gasteiger partial charge >= 0.3 is 6.18 Å². The first kappa shape index (κ1) is 20.9. The summed E-state index contributed by atoms with van der Waals surface area (Å²) in [5, 5.41) is 4.21. The fourth-order valence-electron chi connectivity index (χ4n) is 4.06. The summed E-state index contributed by atoms with van der Waals surface area (Å²) >= 11 is 0. The summed E-state index contributed by atoms with van der Waals surface area (Å²) in [4.78, 5) is 4.73. The summed E-state index contributed by atoms with van der Waals surface area (Å²) in [5.41, 5.74) is 1.41. The van der Waals surface area contributed by atoms with E-state index in [0.29, 0.717) is 12.3 Å². The Bertz CT molecular complexity index is 756. The summed E-state index contributed by atoms with van der Waals surface area (Å²) in [6, 6.07) is 5.71. The Labute approximate surface area is 164 Å². The zero-order valence-electron chi connectivity index (χ0n) is 16.6. The van der Waals surface area contributed by atoms with Crippen LogP contribution in [0.2, 0.25) is 0 Å². The molecule has 0 bridgehead atoms. The number of hydrogen-bond acceptors (Lipinski definition) is 3. The third-order valence-electron chi connectivity index (χ3n) is 5.35. The average Bonchev–Trinajstić information content (AvgIpc) is 3.04. The number of halogens is 3. The van der Waals surface area contributed by atoms with Gasteiger partial charge in [-0.3, -0.25) is 4.68 Å². The lowest BCUT2D eigenvalue weighted by atomic mass is 9.97. The Morgan fingerprint density at radius 3 is 2.79 bits per heavy atom. The number of hydrogen-bond donors (Lipinski definition) is 0. The molecule has 1 aliphatic heterocycles. The van der Waals surface area contributed by atoms with E-state index in [1.807, 2.05) is 24.1 Å². The molecule has 1 saturated heterocycles. The summed E-state index contributed by atoms with van der Waals surface area (Å²) < 4.78 is 40.4. The van der Waals surface area contributed by atoms with Crippen LogP contribution in [0.5, 0.6) is 0 Å². The standard InChI is InChI=1S/C21H29F3N4/c1-26(14-19-12-25-27(2)15-19)13-18-6-4-9-28(16-18)10-8-17-5-3-7-20(11-17)21(22,23)24/h3,5,7,11-12,15,18H,4,6,8-10,13-14,16H2,1-2H3/t18-/m1/s1. The van der Waals surface area contributed by atoms with E-state index in [0.717, 1.165) is 50.8 Å². The highest BCUT2D eigenvalue weighted by Gasteiger charge is 2.30. The molecule has 0 saturated carbocycles. The Morgan fingerprint density at radius 2 is 2.07 bits per heavy atom. The molecule has 3 rings (SSSR count). The van der Waals surface area contributed by atoms with Crippen molar-refractivity contribution in [1.29, 1.82) is 0 Å². The smallest absolute Gasteiger partial charge is 0.303 e. The van der Waals surface area contributed by atoms with Crippen LogP contribution in [0.4, 0.5) is 13.2 Å². The highest BCUT2D eigenvalue weighted by Crippen LogP contribution is 2.29. The van der Waals surface area contributed by atoms with Gasteiger partial charge in [0.25, 0.3) is 0 Å². The largest absolute Gasteiger partial charge is 0.416 e. The predicted molar refractivity (Wildman–Crippen MR) is 104 cm³/mol.